The van der Waals surface area contributed by atoms with Gasteiger partial charge >= 0.3 is 0 Å². The second kappa shape index (κ2) is 5.63. The van der Waals surface area contributed by atoms with E-state index in [0.717, 1.165) is 0 Å². The van der Waals surface area contributed by atoms with Crippen molar-refractivity contribution in [3.8, 4) is 11.5 Å². The van der Waals surface area contributed by atoms with Gasteiger partial charge in [0.05, 0.1) is 11.0 Å². The highest BCUT2D eigenvalue weighted by Crippen LogP contribution is 2.38. The molecule has 0 aromatic heterocycles. The van der Waals surface area contributed by atoms with E-state index >= 15 is 0 Å². The van der Waals surface area contributed by atoms with Gasteiger partial charge in [-0.3, -0.25) is 0 Å². The molecule has 0 radical (unpaired) electrons. The van der Waals surface area contributed by atoms with E-state index in [2.05, 4.69) is 4.99 Å². The van der Waals surface area contributed by atoms with Crippen molar-refractivity contribution in [1.82, 2.24) is 10.2 Å². The summed E-state index contributed by atoms with van der Waals surface area (Å²) in [6, 6.07) is 11.0. The summed E-state index contributed by atoms with van der Waals surface area (Å²) in [4.78, 5) is 4.77. The van der Waals surface area contributed by atoms with Crippen molar-refractivity contribution in [1.29, 1.82) is 0 Å². The molecule has 2 aromatic rings. The molecule has 2 aliphatic heterocycles. The van der Waals surface area contributed by atoms with Crippen molar-refractivity contribution in [2.24, 2.45) is 4.99 Å². The second-order valence-electron chi connectivity index (χ2n) is 4.58. The van der Waals surface area contributed by atoms with Crippen LogP contribution in [0, 0.1) is 0 Å². The molecule has 0 saturated carbocycles. The first-order chi connectivity index (χ1) is 13.8. The maximum absolute atomic E-state index is 8.40. The summed E-state index contributed by atoms with van der Waals surface area (Å²) in [7, 11) is 0. The predicted octanol–water partition coefficient (Wildman–Crippen LogP) is 3.43. The quantitative estimate of drug-likeness (QED) is 0.807. The first-order valence-electron chi connectivity index (χ1n) is 10.5. The number of hydrogen-bond acceptors (Lipinski definition) is 4. The fraction of sp³-hybridized carbons (Fsp3) is 0.235. The zero-order valence-electron chi connectivity index (χ0n) is 19.2. The molecule has 2 aromatic carbocycles. The number of nitrogens with zero attached hydrogens (tertiary/aromatic N) is 2. The Bertz CT molecular complexity index is 1030. The van der Waals surface area contributed by atoms with Crippen LogP contribution in [-0.2, 0) is 0 Å². The Balaban J connectivity index is 2.05. The molecule has 2 aliphatic rings. The molecule has 0 bridgehead atoms. The Morgan fingerprint density at radius 2 is 1.95 bits per heavy atom. The SMILES string of the molecule is [2H]C1([2H])NC([2H])([2H])C([2H])([2H])N(C2=Nc3ccccc3Oc3ccc(Cl)cc32)C1([2H])[2H]. The molecule has 0 aliphatic carbocycles. The minimum Gasteiger partial charge on any atom is -0.454 e. The molecule has 5 heteroatoms. The molecule has 0 atom stereocenters. The number of amidine groups is 1. The monoisotopic (exact) mass is 321 g/mol. The molecule has 0 amide bonds. The number of fused-ring (bicyclic) bond motifs is 2. The normalized spacial score (nSPS) is 31.5. The number of halogens is 1. The molecule has 2 heterocycles. The van der Waals surface area contributed by atoms with Crippen LogP contribution < -0.4 is 10.1 Å². The Morgan fingerprint density at radius 1 is 1.14 bits per heavy atom. The molecule has 22 heavy (non-hydrogen) atoms. The summed E-state index contributed by atoms with van der Waals surface area (Å²) in [6.07, 6.45) is 0. The fourth-order valence-electron chi connectivity index (χ4n) is 2.20. The number of rotatable bonds is 0. The van der Waals surface area contributed by atoms with Gasteiger partial charge in [0, 0.05) is 36.5 Å². The molecule has 1 saturated heterocycles. The van der Waals surface area contributed by atoms with Crippen LogP contribution in [0.15, 0.2) is 47.5 Å². The Morgan fingerprint density at radius 3 is 2.82 bits per heavy atom. The lowest BCUT2D eigenvalue weighted by Gasteiger charge is -2.30. The van der Waals surface area contributed by atoms with E-state index in [1.807, 2.05) is 5.32 Å². The highest BCUT2D eigenvalue weighted by atomic mass is 35.5. The van der Waals surface area contributed by atoms with Crippen LogP contribution in [0.2, 0.25) is 5.02 Å². The van der Waals surface area contributed by atoms with Gasteiger partial charge in [-0.1, -0.05) is 23.7 Å². The van der Waals surface area contributed by atoms with E-state index in [0.29, 0.717) is 10.6 Å². The van der Waals surface area contributed by atoms with Gasteiger partial charge in [-0.2, -0.15) is 0 Å². The number of ether oxygens (including phenoxy) is 1. The van der Waals surface area contributed by atoms with Crippen LogP contribution in [0.3, 0.4) is 0 Å². The molecule has 4 rings (SSSR count). The third-order valence-electron chi connectivity index (χ3n) is 3.17. The number of nitrogens with one attached hydrogen (secondary N) is 1. The predicted molar refractivity (Wildman–Crippen MR) is 88.6 cm³/mol. The Kier molecular flexibility index (Phi) is 1.92. The van der Waals surface area contributed by atoms with Crippen molar-refractivity contribution in [2.45, 2.75) is 0 Å². The van der Waals surface area contributed by atoms with Crippen LogP contribution in [0.5, 0.6) is 11.5 Å². The molecule has 0 spiro atoms. The van der Waals surface area contributed by atoms with Gasteiger partial charge in [-0.15, -0.1) is 0 Å². The maximum atomic E-state index is 8.40. The fourth-order valence-corrected chi connectivity index (χ4v) is 2.37. The van der Waals surface area contributed by atoms with Crippen molar-refractivity contribution in [3.05, 3.63) is 53.1 Å². The van der Waals surface area contributed by atoms with Gasteiger partial charge in [0.15, 0.2) is 5.75 Å². The summed E-state index contributed by atoms with van der Waals surface area (Å²) < 4.78 is 71.7. The first kappa shape index (κ1) is 7.49. The smallest absolute Gasteiger partial charge is 0.153 e. The molecule has 112 valence electrons. The lowest BCUT2D eigenvalue weighted by Crippen LogP contribution is -2.46. The Hall–Kier alpha value is -2.04. The summed E-state index contributed by atoms with van der Waals surface area (Å²) in [5.41, 5.74) is 0.339. The molecular formula is C17H16ClN3O. The summed E-state index contributed by atoms with van der Waals surface area (Å²) in [5.74, 6) is 0.161. The van der Waals surface area contributed by atoms with Gasteiger partial charge in [-0.05, 0) is 30.3 Å². The third-order valence-corrected chi connectivity index (χ3v) is 3.40. The lowest BCUT2D eigenvalue weighted by atomic mass is 10.1. The molecule has 1 N–H and O–H groups in total. The zero-order chi connectivity index (χ0) is 22.1. The van der Waals surface area contributed by atoms with Crippen LogP contribution >= 0.6 is 11.6 Å². The molecule has 4 nitrogen and oxygen atoms in total. The Labute approximate surface area is 145 Å². The van der Waals surface area contributed by atoms with Crippen molar-refractivity contribution < 1.29 is 15.7 Å². The van der Waals surface area contributed by atoms with Crippen LogP contribution in [0.1, 0.15) is 16.5 Å². The van der Waals surface area contributed by atoms with Crippen LogP contribution in [-0.4, -0.2) is 36.7 Å². The third kappa shape index (κ3) is 2.45. The van der Waals surface area contributed by atoms with E-state index < -0.39 is 26.0 Å². The average molecular weight is 322 g/mol. The standard InChI is InChI=1S/C17H16ClN3O/c18-12-5-6-15-13(11-12)17(21-9-7-19-8-10-21)20-14-3-1-2-4-16(14)22-15/h1-6,11,19H,7-10H2/i7D2,8D2,9D2,10D2. The van der Waals surface area contributed by atoms with Crippen molar-refractivity contribution in [3.63, 3.8) is 0 Å². The van der Waals surface area contributed by atoms with Gasteiger partial charge in [0.2, 0.25) is 0 Å². The first-order valence-corrected chi connectivity index (χ1v) is 6.91. The minimum absolute atomic E-state index is 0.0972. The van der Waals surface area contributed by atoms with E-state index in [1.165, 1.54) is 18.2 Å². The number of piperazine rings is 1. The van der Waals surface area contributed by atoms with E-state index in [-0.39, 0.29) is 27.9 Å². The number of benzene rings is 2. The van der Waals surface area contributed by atoms with Crippen molar-refractivity contribution in [2.75, 3.05) is 26.0 Å². The summed E-state index contributed by atoms with van der Waals surface area (Å²) in [5, 5.41) is 2.05. The zero-order valence-corrected chi connectivity index (χ0v) is 12.0. The topological polar surface area (TPSA) is 36.9 Å². The highest BCUT2D eigenvalue weighted by molar-refractivity contribution is 6.31. The summed E-state index contributed by atoms with van der Waals surface area (Å²) >= 11 is 6.12. The van der Waals surface area contributed by atoms with Gasteiger partial charge in [0.25, 0.3) is 0 Å². The van der Waals surface area contributed by atoms with E-state index in [1.54, 1.807) is 24.3 Å². The molecule has 0 unspecified atom stereocenters. The highest BCUT2D eigenvalue weighted by Gasteiger charge is 2.23. The number of aliphatic imine (C=N–C) groups is 1. The second-order valence-corrected chi connectivity index (χ2v) is 5.02. The van der Waals surface area contributed by atoms with Crippen LogP contribution in [0.4, 0.5) is 5.69 Å². The van der Waals surface area contributed by atoms with E-state index in [9.17, 15) is 0 Å². The molecule has 1 fully saturated rings. The van der Waals surface area contributed by atoms with Gasteiger partial charge < -0.3 is 15.0 Å². The van der Waals surface area contributed by atoms with Gasteiger partial charge in [0.1, 0.15) is 17.3 Å². The van der Waals surface area contributed by atoms with Crippen LogP contribution in [0.25, 0.3) is 0 Å². The molecular weight excluding hydrogens is 298 g/mol. The van der Waals surface area contributed by atoms with E-state index in [4.69, 9.17) is 27.3 Å². The van der Waals surface area contributed by atoms with Gasteiger partial charge in [-0.25, -0.2) is 4.99 Å². The maximum Gasteiger partial charge on any atom is 0.153 e. The minimum atomic E-state index is -3.04. The number of para-hydroxylation sites is 2. The van der Waals surface area contributed by atoms with Crippen molar-refractivity contribution >= 4 is 23.1 Å². The largest absolute Gasteiger partial charge is 0.454 e. The summed E-state index contributed by atoms with van der Waals surface area (Å²) in [6.45, 7) is -12.0. The average Bonchev–Trinajstić information content (AvgIpc) is 2.76. The number of hydrogen-bond donors (Lipinski definition) is 1. The lowest BCUT2D eigenvalue weighted by molar-refractivity contribution is 0.357.